The fourth-order valence-electron chi connectivity index (χ4n) is 2.96. The zero-order valence-corrected chi connectivity index (χ0v) is 25.5. The van der Waals surface area contributed by atoms with Crippen molar-refractivity contribution in [1.82, 2.24) is 0 Å². The second-order valence-electron chi connectivity index (χ2n) is 7.49. The molecule has 0 aliphatic heterocycles. The smallest absolute Gasteiger partial charge is 0.744 e. The molecule has 14 nitrogen and oxygen atoms in total. The van der Waals surface area contributed by atoms with Gasteiger partial charge in [0.05, 0.1) is 34.9 Å². The number of ether oxygens (including phenoxy) is 1. The van der Waals surface area contributed by atoms with E-state index in [0.717, 1.165) is 18.2 Å². The van der Waals surface area contributed by atoms with Crippen LogP contribution in [0.5, 0.6) is 5.75 Å². The Kier molecular flexibility index (Phi) is 11.9. The van der Waals surface area contributed by atoms with Gasteiger partial charge in [-0.25, -0.2) is 21.0 Å². The molecule has 0 aliphatic carbocycles. The minimum absolute atomic E-state index is 0. The molecule has 40 heavy (non-hydrogen) atoms. The SMILES string of the molecule is COc1ccc(S(=O)(=O)CCOS(=O)(=O)O)cc1N=NC(=NNc1ccc(S(=O)(=O)[O-])cc1)c1ccccc1.[Na+]. The number of nitrogens with one attached hydrogen (secondary N) is 1. The molecule has 18 heteroatoms. The van der Waals surface area contributed by atoms with Crippen molar-refractivity contribution < 1.29 is 72.8 Å². The van der Waals surface area contributed by atoms with Crippen LogP contribution >= 0.6 is 0 Å². The molecule has 0 saturated carbocycles. The van der Waals surface area contributed by atoms with Gasteiger partial charge in [0.1, 0.15) is 21.6 Å². The van der Waals surface area contributed by atoms with Crippen LogP contribution in [0.25, 0.3) is 0 Å². The number of benzene rings is 3. The maximum atomic E-state index is 12.6. The van der Waals surface area contributed by atoms with E-state index >= 15 is 0 Å². The van der Waals surface area contributed by atoms with Gasteiger partial charge in [-0.3, -0.25) is 9.98 Å². The van der Waals surface area contributed by atoms with Gasteiger partial charge >= 0.3 is 40.0 Å². The van der Waals surface area contributed by atoms with Gasteiger partial charge in [-0.1, -0.05) is 30.3 Å². The molecule has 0 spiro atoms. The van der Waals surface area contributed by atoms with Gasteiger partial charge in [0.15, 0.2) is 9.84 Å². The molecule has 2 N–H and O–H groups in total. The van der Waals surface area contributed by atoms with E-state index in [1.807, 2.05) is 0 Å². The first-order chi connectivity index (χ1) is 18.3. The fraction of sp³-hybridized carbons (Fsp3) is 0.136. The van der Waals surface area contributed by atoms with Crippen LogP contribution in [0.2, 0.25) is 0 Å². The number of anilines is 1. The summed E-state index contributed by atoms with van der Waals surface area (Å²) in [6, 6.07) is 17.2. The Balaban J connectivity index is 0.00000560. The Bertz CT molecular complexity index is 1700. The summed E-state index contributed by atoms with van der Waals surface area (Å²) >= 11 is 0. The van der Waals surface area contributed by atoms with E-state index in [4.69, 9.17) is 9.29 Å². The van der Waals surface area contributed by atoms with E-state index in [1.165, 1.54) is 31.4 Å². The number of methoxy groups -OCH3 is 1. The Labute approximate surface area is 253 Å². The quantitative estimate of drug-likeness (QED) is 0.0712. The number of azo groups is 1. The van der Waals surface area contributed by atoms with E-state index in [1.54, 1.807) is 30.3 Å². The molecule has 0 radical (unpaired) electrons. The van der Waals surface area contributed by atoms with Gasteiger partial charge < -0.3 is 9.29 Å². The first kappa shape index (κ1) is 33.5. The molecule has 0 heterocycles. The predicted octanol–water partition coefficient (Wildman–Crippen LogP) is -0.246. The first-order valence-corrected chi connectivity index (χ1v) is 15.1. The summed E-state index contributed by atoms with van der Waals surface area (Å²) in [4.78, 5) is -0.646. The molecule has 0 unspecified atom stereocenters. The third-order valence-corrected chi connectivity index (χ3v) is 7.80. The number of hydrogen-bond donors (Lipinski definition) is 2. The van der Waals surface area contributed by atoms with Crippen molar-refractivity contribution in [2.45, 2.75) is 9.79 Å². The molecular weight excluding hydrogens is 599 g/mol. The van der Waals surface area contributed by atoms with Crippen molar-refractivity contribution in [3.63, 3.8) is 0 Å². The van der Waals surface area contributed by atoms with Crippen LogP contribution in [0.4, 0.5) is 11.4 Å². The minimum Gasteiger partial charge on any atom is -0.744 e. The third-order valence-electron chi connectivity index (χ3n) is 4.81. The Morgan fingerprint density at radius 2 is 1.55 bits per heavy atom. The molecular formula is C22H21N4NaO10S3. The summed E-state index contributed by atoms with van der Waals surface area (Å²) in [7, 11) is -12.1. The molecule has 3 rings (SSSR count). The molecule has 0 bridgehead atoms. The second-order valence-corrected chi connectivity index (χ2v) is 12.1. The Hall–Kier alpha value is -2.74. The summed E-state index contributed by atoms with van der Waals surface area (Å²) in [5, 5.41) is 12.4. The normalized spacial score (nSPS) is 12.6. The zero-order chi connectivity index (χ0) is 28.7. The molecule has 0 saturated heterocycles. The van der Waals surface area contributed by atoms with Crippen molar-refractivity contribution in [1.29, 1.82) is 0 Å². The number of rotatable bonds is 11. The summed E-state index contributed by atoms with van der Waals surface area (Å²) < 4.78 is 98.0. The van der Waals surface area contributed by atoms with Gasteiger partial charge in [0.2, 0.25) is 5.84 Å². The maximum absolute atomic E-state index is 12.6. The predicted molar refractivity (Wildman–Crippen MR) is 138 cm³/mol. The standard InChI is InChI=1S/C22H22N4O10S3.Na/c1-35-21-12-11-19(37(27,28)14-13-36-39(32,33)34)15-20(21)24-26-22(16-5-3-2-4-6-16)25-23-17-7-9-18(10-8-17)38(29,30)31;/h2-12,15,23H,13-14H2,1H3,(H,29,30,31)(H,32,33,34);/q;+1/p-1. The van der Waals surface area contributed by atoms with Crippen LogP contribution in [0.1, 0.15) is 5.56 Å². The maximum Gasteiger partial charge on any atom is 1.00 e. The van der Waals surface area contributed by atoms with Gasteiger partial charge in [-0.2, -0.15) is 13.5 Å². The molecule has 3 aromatic rings. The number of nitrogens with zero attached hydrogens (tertiary/aromatic N) is 3. The largest absolute Gasteiger partial charge is 1.00 e. The molecule has 0 fully saturated rings. The van der Waals surface area contributed by atoms with Crippen molar-refractivity contribution >= 4 is 47.6 Å². The van der Waals surface area contributed by atoms with Crippen molar-refractivity contribution in [2.24, 2.45) is 15.3 Å². The third kappa shape index (κ3) is 10.0. The molecule has 0 aromatic heterocycles. The van der Waals surface area contributed by atoms with E-state index in [-0.39, 0.29) is 51.7 Å². The molecule has 208 valence electrons. The van der Waals surface area contributed by atoms with Gasteiger partial charge in [0.25, 0.3) is 0 Å². The Morgan fingerprint density at radius 1 is 0.925 bits per heavy atom. The minimum atomic E-state index is -4.80. The van der Waals surface area contributed by atoms with E-state index in [2.05, 4.69) is 24.9 Å². The number of sulfone groups is 1. The Morgan fingerprint density at radius 3 is 2.12 bits per heavy atom. The number of amidine groups is 1. The van der Waals surface area contributed by atoms with Gasteiger partial charge in [0, 0.05) is 5.56 Å². The van der Waals surface area contributed by atoms with E-state index in [0.29, 0.717) is 11.3 Å². The topological polar surface area (TPSA) is 213 Å². The molecule has 0 aliphatic rings. The zero-order valence-electron chi connectivity index (χ0n) is 21.0. The fourth-order valence-corrected chi connectivity index (χ4v) is 4.93. The summed E-state index contributed by atoms with van der Waals surface area (Å²) in [5.41, 5.74) is 3.54. The van der Waals surface area contributed by atoms with Gasteiger partial charge in [-0.05, 0) is 42.5 Å². The van der Waals surface area contributed by atoms with E-state index < -0.39 is 47.6 Å². The summed E-state index contributed by atoms with van der Waals surface area (Å²) in [6.07, 6.45) is 0. The van der Waals surface area contributed by atoms with E-state index in [9.17, 15) is 29.8 Å². The van der Waals surface area contributed by atoms with Crippen LogP contribution in [-0.2, 0) is 34.5 Å². The van der Waals surface area contributed by atoms with Crippen LogP contribution in [0, 0.1) is 0 Å². The average molecular weight is 621 g/mol. The van der Waals surface area contributed by atoms with Crippen LogP contribution in [0.15, 0.2) is 97.9 Å². The van der Waals surface area contributed by atoms with Crippen LogP contribution < -0.4 is 39.7 Å². The van der Waals surface area contributed by atoms with Gasteiger partial charge in [-0.15, -0.1) is 10.2 Å². The van der Waals surface area contributed by atoms with Crippen LogP contribution in [0.3, 0.4) is 0 Å². The average Bonchev–Trinajstić information content (AvgIpc) is 2.88. The van der Waals surface area contributed by atoms with Crippen molar-refractivity contribution in [3.8, 4) is 5.75 Å². The second kappa shape index (κ2) is 14.2. The molecule has 0 amide bonds. The van der Waals surface area contributed by atoms with Crippen molar-refractivity contribution in [2.75, 3.05) is 24.9 Å². The van der Waals surface area contributed by atoms with Crippen LogP contribution in [-0.4, -0.2) is 59.7 Å². The number of hydrazone groups is 1. The molecule has 3 aromatic carbocycles. The summed E-state index contributed by atoms with van der Waals surface area (Å²) in [6.45, 7) is -0.803. The summed E-state index contributed by atoms with van der Waals surface area (Å²) in [5.74, 6) is -0.530. The first-order valence-electron chi connectivity index (χ1n) is 10.7. The number of hydrogen-bond acceptors (Lipinski definition) is 12. The molecule has 0 atom stereocenters. The monoisotopic (exact) mass is 620 g/mol. The van der Waals surface area contributed by atoms with Crippen molar-refractivity contribution in [3.05, 3.63) is 78.4 Å².